The molecule has 0 aliphatic heterocycles. The largest absolute Gasteiger partial charge is 0.492 e. The van der Waals surface area contributed by atoms with Crippen LogP contribution in [0.4, 0.5) is 0 Å². The van der Waals surface area contributed by atoms with E-state index in [4.69, 9.17) is 4.74 Å². The summed E-state index contributed by atoms with van der Waals surface area (Å²) in [4.78, 5) is 22.0. The minimum Gasteiger partial charge on any atom is -0.492 e. The number of carbonyl (C=O) groups excluding carboxylic acids is 2. The first-order valence-electron chi connectivity index (χ1n) is 6.40. The number of carbonyl (C=O) groups is 2. The van der Waals surface area contributed by atoms with Crippen LogP contribution in [0.15, 0.2) is 12.1 Å². The summed E-state index contributed by atoms with van der Waals surface area (Å²) in [6.45, 7) is 4.55. The predicted molar refractivity (Wildman–Crippen MR) is 71.6 cm³/mol. The molecule has 0 heterocycles. The second-order valence-corrected chi connectivity index (χ2v) is 4.42. The normalized spacial score (nSPS) is 10.1. The van der Waals surface area contributed by atoms with Crippen LogP contribution in [0.1, 0.15) is 58.9 Å². The Morgan fingerprint density at radius 3 is 2.17 bits per heavy atom. The zero-order valence-electron chi connectivity index (χ0n) is 11.1. The van der Waals surface area contributed by atoms with Crippen LogP contribution in [0, 0.1) is 6.92 Å². The highest BCUT2D eigenvalue weighted by molar-refractivity contribution is 5.88. The van der Waals surface area contributed by atoms with E-state index < -0.39 is 0 Å². The topological polar surface area (TPSA) is 43.4 Å². The van der Waals surface area contributed by atoms with Crippen molar-refractivity contribution in [2.75, 3.05) is 6.61 Å². The van der Waals surface area contributed by atoms with Gasteiger partial charge in [0.1, 0.15) is 5.75 Å². The lowest BCUT2D eigenvalue weighted by Gasteiger charge is -2.11. The molecule has 1 aromatic carbocycles. The number of hydrogen-bond acceptors (Lipinski definition) is 3. The Kier molecular flexibility index (Phi) is 6.12. The Hall–Kier alpha value is -1.64. The highest BCUT2D eigenvalue weighted by atomic mass is 16.5. The second-order valence-electron chi connectivity index (χ2n) is 4.42. The molecule has 0 aliphatic carbocycles. The predicted octanol–water partition coefficient (Wildman–Crippen LogP) is 3.58. The van der Waals surface area contributed by atoms with Gasteiger partial charge in [-0.05, 0) is 31.0 Å². The molecule has 0 fully saturated rings. The first-order valence-corrected chi connectivity index (χ1v) is 6.40. The van der Waals surface area contributed by atoms with Crippen molar-refractivity contribution < 1.29 is 14.3 Å². The van der Waals surface area contributed by atoms with Crippen molar-refractivity contribution in [1.29, 1.82) is 0 Å². The van der Waals surface area contributed by atoms with Gasteiger partial charge < -0.3 is 4.74 Å². The van der Waals surface area contributed by atoms with Crippen molar-refractivity contribution in [2.45, 2.75) is 39.5 Å². The fourth-order valence-electron chi connectivity index (χ4n) is 1.87. The van der Waals surface area contributed by atoms with E-state index in [9.17, 15) is 9.59 Å². The minimum atomic E-state index is 0.419. The molecule has 0 saturated carbocycles. The Bertz CT molecular complexity index is 381. The van der Waals surface area contributed by atoms with E-state index in [1.165, 1.54) is 12.8 Å². The molecule has 1 rings (SSSR count). The van der Waals surface area contributed by atoms with Crippen LogP contribution in [0.25, 0.3) is 0 Å². The van der Waals surface area contributed by atoms with E-state index in [2.05, 4.69) is 6.92 Å². The smallest absolute Gasteiger partial charge is 0.153 e. The van der Waals surface area contributed by atoms with Gasteiger partial charge in [-0.3, -0.25) is 9.59 Å². The highest BCUT2D eigenvalue weighted by Crippen LogP contribution is 2.23. The summed E-state index contributed by atoms with van der Waals surface area (Å²) in [6, 6.07) is 3.47. The lowest BCUT2D eigenvalue weighted by Crippen LogP contribution is -2.03. The Morgan fingerprint density at radius 2 is 1.67 bits per heavy atom. The Morgan fingerprint density at radius 1 is 1.06 bits per heavy atom. The summed E-state index contributed by atoms with van der Waals surface area (Å²) in [5, 5.41) is 0. The van der Waals surface area contributed by atoms with Gasteiger partial charge in [0.25, 0.3) is 0 Å². The van der Waals surface area contributed by atoms with Gasteiger partial charge in [0.2, 0.25) is 0 Å². The van der Waals surface area contributed by atoms with Crippen molar-refractivity contribution in [3.63, 3.8) is 0 Å². The second kappa shape index (κ2) is 7.64. The monoisotopic (exact) mass is 248 g/mol. The third kappa shape index (κ3) is 3.99. The highest BCUT2D eigenvalue weighted by Gasteiger charge is 2.10. The fraction of sp³-hybridized carbons (Fsp3) is 0.467. The van der Waals surface area contributed by atoms with Gasteiger partial charge in [-0.25, -0.2) is 0 Å². The first-order chi connectivity index (χ1) is 8.72. The van der Waals surface area contributed by atoms with Crippen LogP contribution in [0.5, 0.6) is 5.75 Å². The van der Waals surface area contributed by atoms with E-state index in [1.54, 1.807) is 12.1 Å². The molecule has 0 saturated heterocycles. The van der Waals surface area contributed by atoms with Crippen LogP contribution in [-0.4, -0.2) is 19.2 Å². The lowest BCUT2D eigenvalue weighted by atomic mass is 10.1. The van der Waals surface area contributed by atoms with Gasteiger partial charge in [0.05, 0.1) is 17.7 Å². The van der Waals surface area contributed by atoms with E-state index in [0.29, 0.717) is 23.5 Å². The quantitative estimate of drug-likeness (QED) is 0.521. The van der Waals surface area contributed by atoms with E-state index in [0.717, 1.165) is 31.0 Å². The average molecular weight is 248 g/mol. The number of hydrogen-bond donors (Lipinski definition) is 0. The van der Waals surface area contributed by atoms with Crippen molar-refractivity contribution >= 4 is 12.6 Å². The first kappa shape index (κ1) is 14.4. The number of aryl methyl sites for hydroxylation is 1. The zero-order chi connectivity index (χ0) is 13.4. The minimum absolute atomic E-state index is 0.419. The van der Waals surface area contributed by atoms with Crippen molar-refractivity contribution in [1.82, 2.24) is 0 Å². The molecule has 0 atom stereocenters. The molecule has 3 heteroatoms. The molecule has 0 amide bonds. The molecule has 0 aromatic heterocycles. The van der Waals surface area contributed by atoms with Crippen LogP contribution in [0.2, 0.25) is 0 Å². The zero-order valence-corrected chi connectivity index (χ0v) is 11.1. The fourth-order valence-corrected chi connectivity index (χ4v) is 1.87. The molecule has 0 spiro atoms. The number of unbranched alkanes of at least 4 members (excludes halogenated alkanes) is 3. The summed E-state index contributed by atoms with van der Waals surface area (Å²) >= 11 is 0. The number of aldehydes is 2. The van der Waals surface area contributed by atoms with Crippen molar-refractivity contribution in [2.24, 2.45) is 0 Å². The van der Waals surface area contributed by atoms with E-state index in [1.807, 2.05) is 6.92 Å². The lowest BCUT2D eigenvalue weighted by molar-refractivity contribution is 0.111. The van der Waals surface area contributed by atoms with Crippen molar-refractivity contribution in [3.8, 4) is 5.75 Å². The average Bonchev–Trinajstić information content (AvgIpc) is 2.39. The van der Waals surface area contributed by atoms with Crippen molar-refractivity contribution in [3.05, 3.63) is 28.8 Å². The molecular formula is C15H20O3. The maximum atomic E-state index is 11.0. The third-order valence-corrected chi connectivity index (χ3v) is 2.79. The van der Waals surface area contributed by atoms with Gasteiger partial charge in [0.15, 0.2) is 12.6 Å². The van der Waals surface area contributed by atoms with Crippen LogP contribution in [-0.2, 0) is 0 Å². The molecule has 0 aliphatic rings. The molecule has 3 nitrogen and oxygen atoms in total. The maximum absolute atomic E-state index is 11.0. The summed E-state index contributed by atoms with van der Waals surface area (Å²) in [7, 11) is 0. The number of ether oxygens (including phenoxy) is 1. The molecule has 0 bridgehead atoms. The Labute approximate surface area is 108 Å². The van der Waals surface area contributed by atoms with Crippen LogP contribution >= 0.6 is 0 Å². The number of rotatable bonds is 8. The third-order valence-electron chi connectivity index (χ3n) is 2.79. The summed E-state index contributed by atoms with van der Waals surface area (Å²) in [5.41, 5.74) is 1.79. The summed E-state index contributed by atoms with van der Waals surface area (Å²) in [5.74, 6) is 0.419. The van der Waals surface area contributed by atoms with Gasteiger partial charge in [-0.2, -0.15) is 0 Å². The molecule has 1 aromatic rings. The maximum Gasteiger partial charge on any atom is 0.153 e. The van der Waals surface area contributed by atoms with Gasteiger partial charge in [-0.15, -0.1) is 0 Å². The van der Waals surface area contributed by atoms with Gasteiger partial charge in [0, 0.05) is 0 Å². The molecule has 0 unspecified atom stereocenters. The molecular weight excluding hydrogens is 228 g/mol. The standard InChI is InChI=1S/C15H20O3/c1-3-4-5-6-7-18-15-13(10-16)8-12(2)9-14(15)11-17/h8-11H,3-7H2,1-2H3. The van der Waals surface area contributed by atoms with E-state index >= 15 is 0 Å². The molecule has 0 radical (unpaired) electrons. The summed E-state index contributed by atoms with van der Waals surface area (Å²) in [6.07, 6.45) is 5.87. The molecule has 0 N–H and O–H groups in total. The summed E-state index contributed by atoms with van der Waals surface area (Å²) < 4.78 is 5.59. The Balaban J connectivity index is 2.73. The van der Waals surface area contributed by atoms with Gasteiger partial charge >= 0.3 is 0 Å². The van der Waals surface area contributed by atoms with E-state index in [-0.39, 0.29) is 0 Å². The van der Waals surface area contributed by atoms with Crippen LogP contribution in [0.3, 0.4) is 0 Å². The van der Waals surface area contributed by atoms with Gasteiger partial charge in [-0.1, -0.05) is 26.2 Å². The molecule has 98 valence electrons. The number of benzene rings is 1. The van der Waals surface area contributed by atoms with Crippen LogP contribution < -0.4 is 4.74 Å². The SMILES string of the molecule is CCCCCCOc1c(C=O)cc(C)cc1C=O. The molecule has 18 heavy (non-hydrogen) atoms.